The summed E-state index contributed by atoms with van der Waals surface area (Å²) in [5, 5.41) is 0.824. The standard InChI is InChI=1S/C13H13ClN2/c1-8-13(16-7-15-8)12-6-11(12)9-3-2-4-10(14)5-9/h2-5,7,11-12H,6H2,1H3,(H,15,16). The summed E-state index contributed by atoms with van der Waals surface area (Å²) in [6, 6.07) is 8.16. The fourth-order valence-electron chi connectivity index (χ4n) is 2.37. The summed E-state index contributed by atoms with van der Waals surface area (Å²) < 4.78 is 0. The minimum atomic E-state index is 0.598. The van der Waals surface area contributed by atoms with E-state index < -0.39 is 0 Å². The normalized spacial score (nSPS) is 23.4. The number of imidazole rings is 1. The van der Waals surface area contributed by atoms with Crippen molar-refractivity contribution in [1.29, 1.82) is 0 Å². The van der Waals surface area contributed by atoms with E-state index in [4.69, 9.17) is 11.6 Å². The summed E-state index contributed by atoms with van der Waals surface area (Å²) >= 11 is 6.00. The van der Waals surface area contributed by atoms with Crippen LogP contribution in [0, 0.1) is 6.92 Å². The second kappa shape index (κ2) is 3.63. The van der Waals surface area contributed by atoms with Crippen molar-refractivity contribution in [2.75, 3.05) is 0 Å². The lowest BCUT2D eigenvalue weighted by Gasteiger charge is -2.00. The van der Waals surface area contributed by atoms with Gasteiger partial charge in [-0.15, -0.1) is 0 Å². The predicted molar refractivity (Wildman–Crippen MR) is 64.9 cm³/mol. The Hall–Kier alpha value is -1.28. The third-order valence-electron chi connectivity index (χ3n) is 3.31. The Morgan fingerprint density at radius 2 is 2.25 bits per heavy atom. The second-order valence-electron chi connectivity index (χ2n) is 4.41. The van der Waals surface area contributed by atoms with Crippen molar-refractivity contribution in [3.05, 3.63) is 52.6 Å². The number of aromatic nitrogens is 2. The molecule has 0 bridgehead atoms. The molecule has 2 aromatic rings. The number of aryl methyl sites for hydroxylation is 1. The van der Waals surface area contributed by atoms with Gasteiger partial charge in [0.15, 0.2) is 0 Å². The Bertz CT molecular complexity index is 518. The quantitative estimate of drug-likeness (QED) is 0.842. The number of H-pyrrole nitrogens is 1. The van der Waals surface area contributed by atoms with Crippen molar-refractivity contribution in [3.8, 4) is 0 Å². The molecule has 2 unspecified atom stereocenters. The van der Waals surface area contributed by atoms with Crippen molar-refractivity contribution in [1.82, 2.24) is 9.97 Å². The van der Waals surface area contributed by atoms with Crippen LogP contribution in [0.3, 0.4) is 0 Å². The second-order valence-corrected chi connectivity index (χ2v) is 4.84. The monoisotopic (exact) mass is 232 g/mol. The van der Waals surface area contributed by atoms with Gasteiger partial charge >= 0.3 is 0 Å². The fourth-order valence-corrected chi connectivity index (χ4v) is 2.57. The molecule has 0 saturated heterocycles. The molecule has 1 aromatic heterocycles. The third-order valence-corrected chi connectivity index (χ3v) is 3.54. The van der Waals surface area contributed by atoms with Crippen LogP contribution in [0.2, 0.25) is 5.02 Å². The van der Waals surface area contributed by atoms with Gasteiger partial charge in [-0.1, -0.05) is 23.7 Å². The van der Waals surface area contributed by atoms with Crippen LogP contribution in [0.15, 0.2) is 30.6 Å². The number of aromatic amines is 1. The summed E-state index contributed by atoms with van der Waals surface area (Å²) in [5.74, 6) is 1.21. The highest BCUT2D eigenvalue weighted by molar-refractivity contribution is 6.30. The smallest absolute Gasteiger partial charge is 0.0925 e. The first kappa shape index (κ1) is 9.91. The SMILES string of the molecule is Cc1nc[nH]c1C1CC1c1cccc(Cl)c1. The number of hydrogen-bond donors (Lipinski definition) is 1. The van der Waals surface area contributed by atoms with Crippen LogP contribution >= 0.6 is 11.6 Å². The van der Waals surface area contributed by atoms with Crippen LogP contribution in [0.25, 0.3) is 0 Å². The van der Waals surface area contributed by atoms with Gasteiger partial charge in [0.2, 0.25) is 0 Å². The summed E-state index contributed by atoms with van der Waals surface area (Å²) in [6.07, 6.45) is 2.97. The lowest BCUT2D eigenvalue weighted by molar-refractivity contribution is 0.967. The average Bonchev–Trinajstić information content (AvgIpc) is 2.95. The van der Waals surface area contributed by atoms with Crippen molar-refractivity contribution < 1.29 is 0 Å². The summed E-state index contributed by atoms with van der Waals surface area (Å²) in [6.45, 7) is 2.05. The van der Waals surface area contributed by atoms with E-state index in [1.54, 1.807) is 6.33 Å². The van der Waals surface area contributed by atoms with Crippen LogP contribution in [-0.2, 0) is 0 Å². The average molecular weight is 233 g/mol. The topological polar surface area (TPSA) is 28.7 Å². The van der Waals surface area contributed by atoms with E-state index in [9.17, 15) is 0 Å². The predicted octanol–water partition coefficient (Wildman–Crippen LogP) is 3.64. The van der Waals surface area contributed by atoms with Crippen molar-refractivity contribution in [2.45, 2.75) is 25.2 Å². The molecule has 0 spiro atoms. The van der Waals surface area contributed by atoms with Gasteiger partial charge in [0, 0.05) is 16.6 Å². The van der Waals surface area contributed by atoms with Crippen molar-refractivity contribution in [3.63, 3.8) is 0 Å². The molecule has 1 saturated carbocycles. The molecule has 1 aromatic carbocycles. The fraction of sp³-hybridized carbons (Fsp3) is 0.308. The Morgan fingerprint density at radius 1 is 1.38 bits per heavy atom. The lowest BCUT2D eigenvalue weighted by Crippen LogP contribution is -1.87. The maximum absolute atomic E-state index is 6.00. The van der Waals surface area contributed by atoms with Gasteiger partial charge in [0.1, 0.15) is 0 Å². The van der Waals surface area contributed by atoms with Gasteiger partial charge < -0.3 is 4.98 Å². The molecule has 2 atom stereocenters. The van der Waals surface area contributed by atoms with Gasteiger partial charge in [-0.3, -0.25) is 0 Å². The molecule has 0 radical (unpaired) electrons. The van der Waals surface area contributed by atoms with Crippen LogP contribution in [-0.4, -0.2) is 9.97 Å². The summed E-state index contributed by atoms with van der Waals surface area (Å²) in [7, 11) is 0. The summed E-state index contributed by atoms with van der Waals surface area (Å²) in [5.41, 5.74) is 3.74. The van der Waals surface area contributed by atoms with E-state index in [1.165, 1.54) is 17.7 Å². The first-order valence-electron chi connectivity index (χ1n) is 5.51. The zero-order chi connectivity index (χ0) is 11.1. The number of hydrogen-bond acceptors (Lipinski definition) is 1. The van der Waals surface area contributed by atoms with Crippen LogP contribution < -0.4 is 0 Å². The molecule has 0 amide bonds. The molecule has 1 aliphatic carbocycles. The largest absolute Gasteiger partial charge is 0.348 e. The Morgan fingerprint density at radius 3 is 2.94 bits per heavy atom. The first-order chi connectivity index (χ1) is 7.75. The minimum absolute atomic E-state index is 0.598. The van der Waals surface area contributed by atoms with Crippen LogP contribution in [0.4, 0.5) is 0 Å². The summed E-state index contributed by atoms with van der Waals surface area (Å²) in [4.78, 5) is 7.48. The number of benzene rings is 1. The lowest BCUT2D eigenvalue weighted by atomic mass is 10.1. The minimum Gasteiger partial charge on any atom is -0.348 e. The van der Waals surface area contributed by atoms with Gasteiger partial charge in [-0.25, -0.2) is 4.98 Å². The molecular weight excluding hydrogens is 220 g/mol. The van der Waals surface area contributed by atoms with E-state index >= 15 is 0 Å². The molecule has 1 aliphatic rings. The molecule has 0 aliphatic heterocycles. The molecule has 3 rings (SSSR count). The Kier molecular flexibility index (Phi) is 2.25. The highest BCUT2D eigenvalue weighted by Crippen LogP contribution is 2.54. The highest BCUT2D eigenvalue weighted by Gasteiger charge is 2.41. The molecule has 1 heterocycles. The molecule has 1 fully saturated rings. The van der Waals surface area contributed by atoms with Crippen molar-refractivity contribution >= 4 is 11.6 Å². The van der Waals surface area contributed by atoms with E-state index in [1.807, 2.05) is 12.1 Å². The Balaban J connectivity index is 1.84. The van der Waals surface area contributed by atoms with Gasteiger partial charge in [-0.2, -0.15) is 0 Å². The molecule has 82 valence electrons. The molecular formula is C13H13ClN2. The maximum atomic E-state index is 6.00. The van der Waals surface area contributed by atoms with E-state index in [0.29, 0.717) is 11.8 Å². The van der Waals surface area contributed by atoms with Crippen molar-refractivity contribution in [2.24, 2.45) is 0 Å². The van der Waals surface area contributed by atoms with E-state index in [-0.39, 0.29) is 0 Å². The van der Waals surface area contributed by atoms with E-state index in [2.05, 4.69) is 29.0 Å². The zero-order valence-corrected chi connectivity index (χ0v) is 9.83. The molecule has 3 heteroatoms. The van der Waals surface area contributed by atoms with E-state index in [0.717, 1.165) is 10.7 Å². The van der Waals surface area contributed by atoms with Gasteiger partial charge in [-0.05, 0) is 37.0 Å². The third kappa shape index (κ3) is 1.63. The highest BCUT2D eigenvalue weighted by atomic mass is 35.5. The van der Waals surface area contributed by atoms with Crippen LogP contribution in [0.5, 0.6) is 0 Å². The number of nitrogens with one attached hydrogen (secondary N) is 1. The van der Waals surface area contributed by atoms with Gasteiger partial charge in [0.25, 0.3) is 0 Å². The molecule has 2 nitrogen and oxygen atoms in total. The zero-order valence-electron chi connectivity index (χ0n) is 9.07. The maximum Gasteiger partial charge on any atom is 0.0925 e. The number of rotatable bonds is 2. The number of halogens is 1. The Labute approximate surface area is 99.7 Å². The molecule has 16 heavy (non-hydrogen) atoms. The molecule has 1 N–H and O–H groups in total. The number of nitrogens with zero attached hydrogens (tertiary/aromatic N) is 1. The first-order valence-corrected chi connectivity index (χ1v) is 5.89. The van der Waals surface area contributed by atoms with Gasteiger partial charge in [0.05, 0.1) is 12.0 Å². The van der Waals surface area contributed by atoms with Crippen LogP contribution in [0.1, 0.15) is 35.2 Å².